The van der Waals surface area contributed by atoms with Gasteiger partial charge < -0.3 is 19.8 Å². The maximum absolute atomic E-state index is 13.1. The third-order valence-corrected chi connectivity index (χ3v) is 5.50. The first-order valence-corrected chi connectivity index (χ1v) is 10.0. The second kappa shape index (κ2) is 8.55. The van der Waals surface area contributed by atoms with Gasteiger partial charge in [-0.2, -0.15) is 0 Å². The lowest BCUT2D eigenvalue weighted by Gasteiger charge is -2.25. The van der Waals surface area contributed by atoms with Gasteiger partial charge in [-0.3, -0.25) is 14.6 Å². The van der Waals surface area contributed by atoms with Gasteiger partial charge in [0.15, 0.2) is 0 Å². The number of phenolic OH excluding ortho intramolecular Hbond substituents is 1. The van der Waals surface area contributed by atoms with Gasteiger partial charge in [0.05, 0.1) is 18.7 Å². The lowest BCUT2D eigenvalue weighted by atomic mass is 9.94. The number of aromatic nitrogens is 1. The quantitative estimate of drug-likeness (QED) is 0.364. The second-order valence-corrected chi connectivity index (χ2v) is 7.56. The molecule has 7 heteroatoms. The number of aliphatic hydroxyl groups excluding tert-OH is 1. The maximum atomic E-state index is 13.1. The minimum Gasteiger partial charge on any atom is -0.508 e. The number of aromatic hydroxyl groups is 1. The molecule has 0 radical (unpaired) electrons. The molecule has 2 N–H and O–H groups in total. The van der Waals surface area contributed by atoms with Crippen LogP contribution in [0.3, 0.4) is 0 Å². The van der Waals surface area contributed by atoms with Crippen LogP contribution in [0.4, 0.5) is 0 Å². The fourth-order valence-corrected chi connectivity index (χ4v) is 3.95. The van der Waals surface area contributed by atoms with Crippen molar-refractivity contribution in [2.24, 2.45) is 0 Å². The highest BCUT2D eigenvalue weighted by Gasteiger charge is 2.46. The van der Waals surface area contributed by atoms with E-state index in [2.05, 4.69) is 4.98 Å². The van der Waals surface area contributed by atoms with E-state index in [0.29, 0.717) is 16.9 Å². The molecule has 0 saturated carbocycles. The number of pyridine rings is 1. The van der Waals surface area contributed by atoms with Gasteiger partial charge in [-0.1, -0.05) is 12.1 Å². The number of ether oxygens (including phenoxy) is 1. The summed E-state index contributed by atoms with van der Waals surface area (Å²) in [4.78, 5) is 31.5. The summed E-state index contributed by atoms with van der Waals surface area (Å²) in [5.41, 5.74) is 2.45. The summed E-state index contributed by atoms with van der Waals surface area (Å²) in [5.74, 6) is -1.14. The topological polar surface area (TPSA) is 100.0 Å². The molecule has 1 amide bonds. The van der Waals surface area contributed by atoms with E-state index in [1.54, 1.807) is 62.0 Å². The molecule has 7 nitrogen and oxygen atoms in total. The van der Waals surface area contributed by atoms with E-state index in [4.69, 9.17) is 4.74 Å². The van der Waals surface area contributed by atoms with Crippen LogP contribution in [-0.2, 0) is 16.1 Å². The average molecular weight is 430 g/mol. The van der Waals surface area contributed by atoms with Crippen molar-refractivity contribution in [1.29, 1.82) is 0 Å². The van der Waals surface area contributed by atoms with Crippen molar-refractivity contribution in [3.8, 4) is 11.5 Å². The van der Waals surface area contributed by atoms with Crippen molar-refractivity contribution < 1.29 is 24.5 Å². The summed E-state index contributed by atoms with van der Waals surface area (Å²) in [6.07, 6.45) is 3.21. The highest BCUT2D eigenvalue weighted by molar-refractivity contribution is 6.46. The molecule has 1 unspecified atom stereocenters. The molecule has 4 rings (SSSR count). The number of rotatable bonds is 5. The molecule has 3 aromatic rings. The standard InChI is InChI=1S/C25H22N2O5/c1-15-12-18(6-7-20(15)32-2)23(29)21-22(17-4-3-5-19(28)13-17)27(25(31)24(21)30)14-16-8-10-26-11-9-16/h3-13,22,28-29H,14H2,1-2H3/b23-21-. The van der Waals surface area contributed by atoms with Crippen molar-refractivity contribution in [3.63, 3.8) is 0 Å². The lowest BCUT2D eigenvalue weighted by Crippen LogP contribution is -2.29. The molecular weight excluding hydrogens is 408 g/mol. The van der Waals surface area contributed by atoms with Gasteiger partial charge in [0.25, 0.3) is 11.7 Å². The van der Waals surface area contributed by atoms with Gasteiger partial charge in [-0.15, -0.1) is 0 Å². The molecule has 1 aliphatic heterocycles. The predicted octanol–water partition coefficient (Wildman–Crippen LogP) is 3.73. The Kier molecular flexibility index (Phi) is 5.64. The zero-order valence-electron chi connectivity index (χ0n) is 17.6. The minimum atomic E-state index is -0.863. The minimum absolute atomic E-state index is 0.00251. The Morgan fingerprint density at radius 2 is 1.84 bits per heavy atom. The van der Waals surface area contributed by atoms with Gasteiger partial charge in [-0.25, -0.2) is 0 Å². The van der Waals surface area contributed by atoms with Crippen molar-refractivity contribution >= 4 is 17.4 Å². The van der Waals surface area contributed by atoms with Crippen LogP contribution in [0, 0.1) is 6.92 Å². The molecular formula is C25H22N2O5. The maximum Gasteiger partial charge on any atom is 0.295 e. The molecule has 162 valence electrons. The van der Waals surface area contributed by atoms with Gasteiger partial charge in [0.1, 0.15) is 17.3 Å². The number of methoxy groups -OCH3 is 1. The number of likely N-dealkylation sites (tertiary alicyclic amines) is 1. The number of aliphatic hydroxyl groups is 1. The summed E-state index contributed by atoms with van der Waals surface area (Å²) < 4.78 is 5.27. The molecule has 1 atom stereocenters. The van der Waals surface area contributed by atoms with E-state index in [1.165, 1.54) is 17.0 Å². The van der Waals surface area contributed by atoms with Crippen LogP contribution in [0.15, 0.2) is 72.6 Å². The first-order valence-electron chi connectivity index (χ1n) is 10.0. The highest BCUT2D eigenvalue weighted by atomic mass is 16.5. The van der Waals surface area contributed by atoms with Crippen LogP contribution in [0.25, 0.3) is 5.76 Å². The summed E-state index contributed by atoms with van der Waals surface area (Å²) >= 11 is 0. The fourth-order valence-electron chi connectivity index (χ4n) is 3.95. The van der Waals surface area contributed by atoms with Crippen LogP contribution in [0.2, 0.25) is 0 Å². The molecule has 0 aliphatic carbocycles. The van der Waals surface area contributed by atoms with Crippen LogP contribution in [-0.4, -0.2) is 38.9 Å². The number of carbonyl (C=O) groups excluding carboxylic acids is 2. The van der Waals surface area contributed by atoms with E-state index in [0.717, 1.165) is 11.1 Å². The zero-order chi connectivity index (χ0) is 22.8. The second-order valence-electron chi connectivity index (χ2n) is 7.56. The molecule has 2 heterocycles. The number of amides is 1. The van der Waals surface area contributed by atoms with E-state index in [1.807, 2.05) is 6.92 Å². The number of phenols is 1. The lowest BCUT2D eigenvalue weighted by molar-refractivity contribution is -0.140. The monoisotopic (exact) mass is 430 g/mol. The molecule has 0 bridgehead atoms. The Bertz CT molecular complexity index is 1220. The fraction of sp³-hybridized carbons (Fsp3) is 0.160. The summed E-state index contributed by atoms with van der Waals surface area (Å²) in [6.45, 7) is 1.97. The molecule has 1 fully saturated rings. The highest BCUT2D eigenvalue weighted by Crippen LogP contribution is 2.41. The number of ketones is 1. The van der Waals surface area contributed by atoms with E-state index in [-0.39, 0.29) is 23.6 Å². The Morgan fingerprint density at radius 1 is 1.09 bits per heavy atom. The van der Waals surface area contributed by atoms with Gasteiger partial charge in [-0.05, 0) is 66.1 Å². The van der Waals surface area contributed by atoms with Gasteiger partial charge >= 0.3 is 0 Å². The summed E-state index contributed by atoms with van der Waals surface area (Å²) in [5, 5.41) is 21.2. The molecule has 1 aliphatic rings. The first-order chi connectivity index (χ1) is 15.4. The van der Waals surface area contributed by atoms with Crippen molar-refractivity contribution in [2.75, 3.05) is 7.11 Å². The molecule has 0 spiro atoms. The number of hydrogen-bond donors (Lipinski definition) is 2. The van der Waals surface area contributed by atoms with Crippen LogP contribution in [0.1, 0.15) is 28.3 Å². The van der Waals surface area contributed by atoms with Crippen LogP contribution < -0.4 is 4.74 Å². The number of aryl methyl sites for hydroxylation is 1. The number of benzene rings is 2. The largest absolute Gasteiger partial charge is 0.508 e. The van der Waals surface area contributed by atoms with Crippen molar-refractivity contribution in [2.45, 2.75) is 19.5 Å². The van der Waals surface area contributed by atoms with Crippen molar-refractivity contribution in [1.82, 2.24) is 9.88 Å². The molecule has 1 saturated heterocycles. The van der Waals surface area contributed by atoms with Crippen LogP contribution >= 0.6 is 0 Å². The van der Waals surface area contributed by atoms with E-state index < -0.39 is 17.7 Å². The SMILES string of the molecule is COc1ccc(/C(O)=C2/C(=O)C(=O)N(Cc3ccncc3)C2c2cccc(O)c2)cc1C. The predicted molar refractivity (Wildman–Crippen MR) is 118 cm³/mol. The van der Waals surface area contributed by atoms with Crippen LogP contribution in [0.5, 0.6) is 11.5 Å². The Labute approximate surface area is 185 Å². The molecule has 2 aromatic carbocycles. The molecule has 1 aromatic heterocycles. The number of hydrogen-bond acceptors (Lipinski definition) is 6. The summed E-state index contributed by atoms with van der Waals surface area (Å²) in [7, 11) is 1.55. The third-order valence-electron chi connectivity index (χ3n) is 5.50. The number of Topliss-reactive ketones (excluding diaryl/α,β-unsaturated/α-hetero) is 1. The number of nitrogens with zero attached hydrogens (tertiary/aromatic N) is 2. The third kappa shape index (κ3) is 3.80. The van der Waals surface area contributed by atoms with E-state index >= 15 is 0 Å². The summed E-state index contributed by atoms with van der Waals surface area (Å²) in [6, 6.07) is 14.0. The Morgan fingerprint density at radius 3 is 2.50 bits per heavy atom. The Balaban J connectivity index is 1.87. The van der Waals surface area contributed by atoms with Gasteiger partial charge in [0.2, 0.25) is 0 Å². The normalized spacial score (nSPS) is 17.6. The Hall–Kier alpha value is -4.13. The molecule has 32 heavy (non-hydrogen) atoms. The zero-order valence-corrected chi connectivity index (χ0v) is 17.6. The van der Waals surface area contributed by atoms with Gasteiger partial charge in [0, 0.05) is 24.5 Å². The first kappa shape index (κ1) is 21.1. The number of carbonyl (C=O) groups is 2. The van der Waals surface area contributed by atoms with E-state index in [9.17, 15) is 19.8 Å². The average Bonchev–Trinajstić information content (AvgIpc) is 3.04. The smallest absolute Gasteiger partial charge is 0.295 e. The van der Waals surface area contributed by atoms with Crippen molar-refractivity contribution in [3.05, 3.63) is 94.8 Å².